The summed E-state index contributed by atoms with van der Waals surface area (Å²) in [6.07, 6.45) is 8.94. The number of aliphatic hydroxyl groups excluding tert-OH is 1. The Morgan fingerprint density at radius 1 is 1.00 bits per heavy atom. The van der Waals surface area contributed by atoms with E-state index in [1.54, 1.807) is 0 Å². The van der Waals surface area contributed by atoms with Crippen molar-refractivity contribution < 1.29 is 5.11 Å². The lowest BCUT2D eigenvalue weighted by molar-refractivity contribution is 0.0538. The Labute approximate surface area is 179 Å². The molecule has 0 unspecified atom stereocenters. The van der Waals surface area contributed by atoms with Crippen LogP contribution in [0.3, 0.4) is 0 Å². The molecule has 5 heteroatoms. The molecule has 30 heavy (non-hydrogen) atoms. The van der Waals surface area contributed by atoms with Crippen molar-refractivity contribution in [3.63, 3.8) is 0 Å². The molecule has 0 bridgehead atoms. The van der Waals surface area contributed by atoms with E-state index in [1.165, 1.54) is 11.3 Å². The number of piperazine rings is 1. The van der Waals surface area contributed by atoms with Gasteiger partial charge in [0.05, 0.1) is 11.9 Å². The van der Waals surface area contributed by atoms with E-state index < -0.39 is 0 Å². The predicted molar refractivity (Wildman–Crippen MR) is 121 cm³/mol. The van der Waals surface area contributed by atoms with E-state index in [9.17, 15) is 5.11 Å². The van der Waals surface area contributed by atoms with Gasteiger partial charge in [-0.25, -0.2) is 0 Å². The number of pyridine rings is 1. The lowest BCUT2D eigenvalue weighted by Gasteiger charge is -2.41. The van der Waals surface area contributed by atoms with Crippen LogP contribution in [0.15, 0.2) is 73.2 Å². The summed E-state index contributed by atoms with van der Waals surface area (Å²) in [7, 11) is 0. The maximum atomic E-state index is 9.62. The molecule has 0 radical (unpaired) electrons. The molecular weight excluding hydrogens is 372 g/mol. The second kappa shape index (κ2) is 10.5. The first-order valence-electron chi connectivity index (χ1n) is 11.0. The van der Waals surface area contributed by atoms with E-state index in [4.69, 9.17) is 0 Å². The van der Waals surface area contributed by atoms with Crippen LogP contribution in [-0.2, 0) is 13.0 Å². The molecule has 158 valence electrons. The second-order valence-electron chi connectivity index (χ2n) is 8.11. The van der Waals surface area contributed by atoms with Crippen LogP contribution in [0, 0.1) is 0 Å². The third kappa shape index (κ3) is 5.36. The lowest BCUT2D eigenvalue weighted by Crippen LogP contribution is -2.53. The zero-order valence-electron chi connectivity index (χ0n) is 17.6. The van der Waals surface area contributed by atoms with Gasteiger partial charge in [-0.1, -0.05) is 30.3 Å². The first kappa shape index (κ1) is 20.8. The van der Waals surface area contributed by atoms with Gasteiger partial charge in [0.1, 0.15) is 0 Å². The zero-order valence-corrected chi connectivity index (χ0v) is 17.6. The fourth-order valence-corrected chi connectivity index (χ4v) is 4.47. The number of hydrogen-bond acceptors (Lipinski definition) is 4. The number of rotatable bonds is 9. The number of nitrogens with zero attached hydrogens (tertiary/aromatic N) is 4. The van der Waals surface area contributed by atoms with E-state index in [0.29, 0.717) is 6.04 Å². The highest BCUT2D eigenvalue weighted by Gasteiger charge is 2.26. The minimum atomic E-state index is 0.250. The highest BCUT2D eigenvalue weighted by molar-refractivity contribution is 5.32. The third-order valence-electron chi connectivity index (χ3n) is 6.05. The summed E-state index contributed by atoms with van der Waals surface area (Å²) in [4.78, 5) is 9.36. The van der Waals surface area contributed by atoms with Gasteiger partial charge in [0.2, 0.25) is 0 Å². The molecule has 1 atom stereocenters. The molecule has 3 aromatic rings. The molecule has 1 aromatic carbocycles. The Morgan fingerprint density at radius 3 is 2.70 bits per heavy atom. The van der Waals surface area contributed by atoms with Crippen molar-refractivity contribution in [1.82, 2.24) is 19.4 Å². The predicted octanol–water partition coefficient (Wildman–Crippen LogP) is 3.37. The minimum absolute atomic E-state index is 0.250. The maximum absolute atomic E-state index is 9.62. The van der Waals surface area contributed by atoms with Crippen LogP contribution >= 0.6 is 0 Å². The van der Waals surface area contributed by atoms with E-state index in [0.717, 1.165) is 57.7 Å². The molecule has 4 rings (SSSR count). The lowest BCUT2D eigenvalue weighted by atomic mass is 10.1. The molecule has 1 N–H and O–H groups in total. The van der Waals surface area contributed by atoms with Crippen molar-refractivity contribution in [1.29, 1.82) is 0 Å². The van der Waals surface area contributed by atoms with Crippen molar-refractivity contribution in [3.8, 4) is 5.69 Å². The highest BCUT2D eigenvalue weighted by Crippen LogP contribution is 2.19. The Morgan fingerprint density at radius 2 is 1.90 bits per heavy atom. The smallest absolute Gasteiger partial charge is 0.0636 e. The molecular formula is C25H32N4O. The molecule has 0 saturated carbocycles. The second-order valence-corrected chi connectivity index (χ2v) is 8.11. The van der Waals surface area contributed by atoms with Crippen LogP contribution in [-0.4, -0.2) is 63.3 Å². The van der Waals surface area contributed by atoms with Crippen molar-refractivity contribution >= 4 is 0 Å². The summed E-state index contributed by atoms with van der Waals surface area (Å²) in [5, 5.41) is 9.62. The van der Waals surface area contributed by atoms with Gasteiger partial charge in [-0.15, -0.1) is 0 Å². The molecule has 3 heterocycles. The Kier molecular flexibility index (Phi) is 7.29. The van der Waals surface area contributed by atoms with Gasteiger partial charge in [0.15, 0.2) is 0 Å². The van der Waals surface area contributed by atoms with Gasteiger partial charge in [0, 0.05) is 56.9 Å². The summed E-state index contributed by atoms with van der Waals surface area (Å²) >= 11 is 0. The van der Waals surface area contributed by atoms with Crippen LogP contribution in [0.25, 0.3) is 5.69 Å². The van der Waals surface area contributed by atoms with Crippen LogP contribution in [0.4, 0.5) is 0 Å². The third-order valence-corrected chi connectivity index (χ3v) is 6.05. The highest BCUT2D eigenvalue weighted by atomic mass is 16.3. The summed E-state index contributed by atoms with van der Waals surface area (Å²) in [6, 6.07) is 19.5. The monoisotopic (exact) mass is 404 g/mol. The van der Waals surface area contributed by atoms with Gasteiger partial charge < -0.3 is 9.67 Å². The summed E-state index contributed by atoms with van der Waals surface area (Å²) in [5.74, 6) is 0. The summed E-state index contributed by atoms with van der Waals surface area (Å²) in [5.41, 5.74) is 3.79. The number of aryl methyl sites for hydroxylation is 1. The van der Waals surface area contributed by atoms with Gasteiger partial charge >= 0.3 is 0 Å². The van der Waals surface area contributed by atoms with Crippen LogP contribution in [0.1, 0.15) is 24.1 Å². The average molecular weight is 405 g/mol. The molecule has 2 aromatic heterocycles. The topological polar surface area (TPSA) is 44.5 Å². The molecule has 0 aliphatic carbocycles. The van der Waals surface area contributed by atoms with Gasteiger partial charge in [0.25, 0.3) is 0 Å². The number of aromatic nitrogens is 2. The fraction of sp³-hybridized carbons (Fsp3) is 0.400. The SMILES string of the molecule is OCC[C@@H]1CN(Cc2cccn2-c2cccnc2)CCN1CCCc1ccccc1. The molecule has 1 aliphatic heterocycles. The maximum Gasteiger partial charge on any atom is 0.0636 e. The van der Waals surface area contributed by atoms with Crippen LogP contribution < -0.4 is 0 Å². The first-order chi connectivity index (χ1) is 14.8. The Balaban J connectivity index is 1.34. The quantitative estimate of drug-likeness (QED) is 0.594. The number of benzene rings is 1. The van der Waals surface area contributed by atoms with Crippen LogP contribution in [0.5, 0.6) is 0 Å². The van der Waals surface area contributed by atoms with E-state index in [-0.39, 0.29) is 6.61 Å². The van der Waals surface area contributed by atoms with Crippen molar-refractivity contribution in [2.75, 3.05) is 32.8 Å². The summed E-state index contributed by atoms with van der Waals surface area (Å²) in [6.45, 7) is 5.39. The zero-order chi connectivity index (χ0) is 20.6. The Bertz CT molecular complexity index is 880. The fourth-order valence-electron chi connectivity index (χ4n) is 4.47. The minimum Gasteiger partial charge on any atom is -0.396 e. The van der Waals surface area contributed by atoms with E-state index in [2.05, 4.69) is 74.1 Å². The normalized spacial score (nSPS) is 18.0. The number of hydrogen-bond donors (Lipinski definition) is 1. The molecule has 0 spiro atoms. The van der Waals surface area contributed by atoms with Crippen molar-refractivity contribution in [2.45, 2.75) is 31.8 Å². The van der Waals surface area contributed by atoms with Gasteiger partial charge in [-0.05, 0) is 55.6 Å². The van der Waals surface area contributed by atoms with E-state index in [1.807, 2.05) is 18.5 Å². The van der Waals surface area contributed by atoms with E-state index >= 15 is 0 Å². The average Bonchev–Trinajstić information content (AvgIpc) is 3.25. The van der Waals surface area contributed by atoms with Gasteiger partial charge in [-0.3, -0.25) is 14.8 Å². The largest absolute Gasteiger partial charge is 0.396 e. The number of aliphatic hydroxyl groups is 1. The molecule has 1 fully saturated rings. The van der Waals surface area contributed by atoms with Crippen LogP contribution in [0.2, 0.25) is 0 Å². The molecule has 1 saturated heterocycles. The van der Waals surface area contributed by atoms with Gasteiger partial charge in [-0.2, -0.15) is 0 Å². The first-order valence-corrected chi connectivity index (χ1v) is 11.0. The molecule has 5 nitrogen and oxygen atoms in total. The van der Waals surface area contributed by atoms with Crippen molar-refractivity contribution in [3.05, 3.63) is 84.4 Å². The summed E-state index contributed by atoms with van der Waals surface area (Å²) < 4.78 is 2.22. The Hall–Kier alpha value is -2.47. The molecule has 1 aliphatic rings. The molecule has 0 amide bonds. The van der Waals surface area contributed by atoms with Crippen molar-refractivity contribution in [2.24, 2.45) is 0 Å². The standard InChI is InChI=1S/C25H32N4O/c30-18-12-24-20-27(16-17-28(24)14-5-9-22-7-2-1-3-8-22)21-25-11-6-15-29(25)23-10-4-13-26-19-23/h1-4,6-8,10-11,13,15,19,24,30H,5,9,12,14,16-18,20-21H2/t24-/m1/s1.